The molecule has 2 aromatic rings. The number of nitrogens with one attached hydrogen (secondary N) is 1. The van der Waals surface area contributed by atoms with Gasteiger partial charge in [-0.1, -0.05) is 0 Å². The van der Waals surface area contributed by atoms with E-state index in [4.69, 9.17) is 4.74 Å². The smallest absolute Gasteiger partial charge is 0.328 e. The fraction of sp³-hybridized carbons (Fsp3) is 0.464. The second-order valence-corrected chi connectivity index (χ2v) is 10.3. The first-order valence-corrected chi connectivity index (χ1v) is 13.4. The van der Waals surface area contributed by atoms with Crippen LogP contribution in [-0.2, 0) is 22.5 Å². The second-order valence-electron chi connectivity index (χ2n) is 10.3. The molecule has 1 atom stereocenters. The number of carbonyl (C=O) groups is 2. The largest absolute Gasteiger partial charge is 0.380 e. The van der Waals surface area contributed by atoms with Crippen molar-refractivity contribution in [3.05, 3.63) is 46.4 Å². The van der Waals surface area contributed by atoms with Gasteiger partial charge < -0.3 is 14.5 Å². The number of urea groups is 1. The molecule has 40 heavy (non-hydrogen) atoms. The highest BCUT2D eigenvalue weighted by molar-refractivity contribution is 6.02. The first-order valence-electron chi connectivity index (χ1n) is 13.4. The minimum absolute atomic E-state index is 0.0860. The number of aromatic nitrogens is 2. The Labute approximate surface area is 232 Å². The number of aldehydes is 1. The fourth-order valence-electron chi connectivity index (χ4n) is 5.50. The summed E-state index contributed by atoms with van der Waals surface area (Å²) in [4.78, 5) is 53.4. The van der Waals surface area contributed by atoms with Crippen molar-refractivity contribution in [2.24, 2.45) is 0 Å². The molecule has 1 N–H and O–H groups in total. The minimum Gasteiger partial charge on any atom is -0.380 e. The minimum atomic E-state index is -0.414. The van der Waals surface area contributed by atoms with Gasteiger partial charge in [0, 0.05) is 70.7 Å². The van der Waals surface area contributed by atoms with E-state index in [-0.39, 0.29) is 11.8 Å². The zero-order valence-electron chi connectivity index (χ0n) is 22.7. The first-order chi connectivity index (χ1) is 19.4. The Morgan fingerprint density at radius 3 is 2.85 bits per heavy atom. The molecule has 0 radical (unpaired) electrons. The summed E-state index contributed by atoms with van der Waals surface area (Å²) in [5, 5.41) is 12.4. The van der Waals surface area contributed by atoms with Crippen LogP contribution in [0.15, 0.2) is 24.0 Å². The van der Waals surface area contributed by atoms with Crippen LogP contribution in [0.1, 0.15) is 40.0 Å². The molecule has 208 valence electrons. The van der Waals surface area contributed by atoms with Crippen molar-refractivity contribution in [1.82, 2.24) is 19.8 Å². The van der Waals surface area contributed by atoms with E-state index in [1.54, 1.807) is 13.2 Å². The standard InChI is InChI=1S/C28H32N8O4/c1-33-8-9-34(22(15-33)17-37)14-20-10-19-4-3-6-36(27(19)31-24(20)18-38)28(39)32-26-11-25(21(12-29)13-30-26)35-7-5-23(16-35)40-2/h10-11,13,18,23H,3-9,14-16H2,1-2H3,(H,30,32,39)/t23-/m1/s1. The SMILES string of the molecule is CO[C@@H]1CCN(c2cc(NC(=O)N3CCCc4cc(CN5CCN(C)CC5=C=O)c(C=O)nc43)ncc2C#N)C1. The number of aryl methyl sites for hydroxylation is 1. The molecule has 12 nitrogen and oxygen atoms in total. The fourth-order valence-corrected chi connectivity index (χ4v) is 5.50. The lowest BCUT2D eigenvalue weighted by Crippen LogP contribution is -2.43. The molecule has 0 spiro atoms. The van der Waals surface area contributed by atoms with E-state index >= 15 is 0 Å². The monoisotopic (exact) mass is 544 g/mol. The van der Waals surface area contributed by atoms with Gasteiger partial charge in [-0.2, -0.15) is 5.26 Å². The highest BCUT2D eigenvalue weighted by atomic mass is 16.5. The number of piperazine rings is 1. The van der Waals surface area contributed by atoms with Crippen molar-refractivity contribution in [3.8, 4) is 6.07 Å². The van der Waals surface area contributed by atoms with Crippen molar-refractivity contribution in [3.63, 3.8) is 0 Å². The highest BCUT2D eigenvalue weighted by Gasteiger charge is 2.29. The number of nitrogens with zero attached hydrogens (tertiary/aromatic N) is 7. The summed E-state index contributed by atoms with van der Waals surface area (Å²) in [7, 11) is 3.62. The van der Waals surface area contributed by atoms with E-state index in [0.29, 0.717) is 79.6 Å². The van der Waals surface area contributed by atoms with Crippen LogP contribution in [0.5, 0.6) is 0 Å². The Bertz CT molecular complexity index is 1400. The predicted octanol–water partition coefficient (Wildman–Crippen LogP) is 1.83. The van der Waals surface area contributed by atoms with E-state index in [1.807, 2.05) is 28.9 Å². The van der Waals surface area contributed by atoms with Gasteiger partial charge in [0.15, 0.2) is 6.29 Å². The van der Waals surface area contributed by atoms with E-state index < -0.39 is 6.03 Å². The quantitative estimate of drug-likeness (QED) is 0.424. The molecule has 5 heterocycles. The molecule has 0 aromatic carbocycles. The molecule has 2 aromatic heterocycles. The third kappa shape index (κ3) is 5.53. The Hall–Kier alpha value is -4.30. The predicted molar refractivity (Wildman–Crippen MR) is 148 cm³/mol. The molecule has 3 aliphatic rings. The number of anilines is 3. The second kappa shape index (κ2) is 11.8. The Morgan fingerprint density at radius 1 is 1.27 bits per heavy atom. The van der Waals surface area contributed by atoms with Gasteiger partial charge >= 0.3 is 6.03 Å². The Balaban J connectivity index is 1.36. The average molecular weight is 545 g/mol. The summed E-state index contributed by atoms with van der Waals surface area (Å²) < 4.78 is 5.46. The molecule has 2 saturated heterocycles. The molecular formula is C28H32N8O4. The summed E-state index contributed by atoms with van der Waals surface area (Å²) >= 11 is 0. The molecule has 0 bridgehead atoms. The normalized spacial score (nSPS) is 19.2. The van der Waals surface area contributed by atoms with Gasteiger partial charge in [0.25, 0.3) is 0 Å². The van der Waals surface area contributed by atoms with Crippen LogP contribution >= 0.6 is 0 Å². The summed E-state index contributed by atoms with van der Waals surface area (Å²) in [6.45, 7) is 4.14. The van der Waals surface area contributed by atoms with E-state index in [2.05, 4.69) is 26.3 Å². The van der Waals surface area contributed by atoms with Gasteiger partial charge in [-0.05, 0) is 37.9 Å². The number of nitriles is 1. The lowest BCUT2D eigenvalue weighted by Gasteiger charge is -2.35. The zero-order valence-corrected chi connectivity index (χ0v) is 22.7. The van der Waals surface area contributed by atoms with Crippen molar-refractivity contribution in [1.29, 1.82) is 5.26 Å². The van der Waals surface area contributed by atoms with Crippen LogP contribution in [0.2, 0.25) is 0 Å². The number of fused-ring (bicyclic) bond motifs is 1. The molecule has 2 fully saturated rings. The molecule has 0 saturated carbocycles. The summed E-state index contributed by atoms with van der Waals surface area (Å²) in [6.07, 6.45) is 4.54. The van der Waals surface area contributed by atoms with Gasteiger partial charge in [-0.25, -0.2) is 19.6 Å². The topological polar surface area (TPSA) is 135 Å². The molecule has 0 unspecified atom stereocenters. The van der Waals surface area contributed by atoms with Gasteiger partial charge in [-0.15, -0.1) is 0 Å². The van der Waals surface area contributed by atoms with Crippen LogP contribution in [0, 0.1) is 11.3 Å². The molecule has 12 heteroatoms. The van der Waals surface area contributed by atoms with Gasteiger partial charge in [0.2, 0.25) is 0 Å². The van der Waals surface area contributed by atoms with E-state index in [0.717, 1.165) is 31.5 Å². The number of hydrogen-bond donors (Lipinski definition) is 1. The van der Waals surface area contributed by atoms with Crippen molar-refractivity contribution < 1.29 is 19.1 Å². The molecule has 2 amide bonds. The lowest BCUT2D eigenvalue weighted by atomic mass is 10.0. The summed E-state index contributed by atoms with van der Waals surface area (Å²) in [5.41, 5.74) is 3.49. The number of amides is 2. The van der Waals surface area contributed by atoms with Crippen LogP contribution < -0.4 is 15.1 Å². The highest BCUT2D eigenvalue weighted by Crippen LogP contribution is 2.30. The number of pyridine rings is 2. The van der Waals surface area contributed by atoms with Crippen LogP contribution in [0.25, 0.3) is 0 Å². The third-order valence-electron chi connectivity index (χ3n) is 7.72. The number of ether oxygens (including phenoxy) is 1. The zero-order chi connectivity index (χ0) is 28.2. The Kier molecular flexibility index (Phi) is 8.07. The number of hydrogen-bond acceptors (Lipinski definition) is 10. The maximum atomic E-state index is 13.4. The van der Waals surface area contributed by atoms with E-state index in [9.17, 15) is 19.6 Å². The summed E-state index contributed by atoms with van der Waals surface area (Å²) in [5.74, 6) is 2.79. The van der Waals surface area contributed by atoms with Gasteiger partial charge in [-0.3, -0.25) is 19.9 Å². The van der Waals surface area contributed by atoms with Crippen LogP contribution in [0.4, 0.5) is 22.1 Å². The number of methoxy groups -OCH3 is 1. The van der Waals surface area contributed by atoms with Crippen LogP contribution in [0.3, 0.4) is 0 Å². The average Bonchev–Trinajstić information content (AvgIpc) is 3.46. The van der Waals surface area contributed by atoms with Crippen molar-refractivity contribution in [2.75, 3.05) is 68.5 Å². The van der Waals surface area contributed by atoms with Crippen molar-refractivity contribution in [2.45, 2.75) is 31.9 Å². The Morgan fingerprint density at radius 2 is 2.12 bits per heavy atom. The number of rotatable bonds is 6. The number of carbonyl (C=O) groups excluding carboxylic acids is 3. The first kappa shape index (κ1) is 27.3. The van der Waals surface area contributed by atoms with Gasteiger partial charge in [0.05, 0.1) is 17.4 Å². The van der Waals surface area contributed by atoms with Gasteiger partial charge in [0.1, 0.15) is 35.0 Å². The maximum absolute atomic E-state index is 13.4. The van der Waals surface area contributed by atoms with Crippen LogP contribution in [-0.4, -0.2) is 97.6 Å². The lowest BCUT2D eigenvalue weighted by molar-refractivity contribution is 0.111. The van der Waals surface area contributed by atoms with Crippen molar-refractivity contribution >= 4 is 35.6 Å². The molecular weight excluding hydrogens is 512 g/mol. The third-order valence-corrected chi connectivity index (χ3v) is 7.72. The molecule has 0 aliphatic carbocycles. The molecule has 3 aliphatic heterocycles. The maximum Gasteiger partial charge on any atom is 0.328 e. The summed E-state index contributed by atoms with van der Waals surface area (Å²) in [6, 6.07) is 5.39. The number of likely N-dealkylation sites (N-methyl/N-ethyl adjacent to an activating group) is 1. The molecule has 5 rings (SSSR count). The van der Waals surface area contributed by atoms with E-state index in [1.165, 1.54) is 11.1 Å².